The lowest BCUT2D eigenvalue weighted by molar-refractivity contribution is 0.0153. The quantitative estimate of drug-likeness (QED) is 0.341. The smallest absolute Gasteiger partial charge is 0.187 e. The Hall–Kier alpha value is -0.480. The van der Waals surface area contributed by atoms with Crippen LogP contribution < -0.4 is 11.5 Å². The minimum Gasteiger partial charge on any atom is -0.376 e. The van der Waals surface area contributed by atoms with E-state index in [0.717, 1.165) is 0 Å². The van der Waals surface area contributed by atoms with E-state index in [2.05, 4.69) is 10.9 Å². The molecule has 1 atom stereocenters. The summed E-state index contributed by atoms with van der Waals surface area (Å²) in [5.74, 6) is 2.43. The first kappa shape index (κ1) is 15.0. The van der Waals surface area contributed by atoms with Crippen LogP contribution in [0.25, 0.3) is 0 Å². The van der Waals surface area contributed by atoms with Crippen molar-refractivity contribution in [2.45, 2.75) is 25.5 Å². The van der Waals surface area contributed by atoms with Crippen molar-refractivity contribution in [2.75, 3.05) is 7.11 Å². The standard InChI is InChI=1S/C8H15N3O.HI/c1-5-6(11-7(9)10)8(2,3)12-4;/h1,6H,2-4H3,(H4,9,10,11);1H. The molecular weight excluding hydrogens is 281 g/mol. The molecule has 5 heteroatoms. The molecule has 0 rings (SSSR count). The Morgan fingerprint density at radius 3 is 2.23 bits per heavy atom. The monoisotopic (exact) mass is 297 g/mol. The number of nitrogens with two attached hydrogens (primary N) is 2. The van der Waals surface area contributed by atoms with E-state index in [9.17, 15) is 0 Å². The number of guanidine groups is 1. The van der Waals surface area contributed by atoms with Gasteiger partial charge in [-0.1, -0.05) is 5.92 Å². The van der Waals surface area contributed by atoms with Crippen molar-refractivity contribution < 1.29 is 4.74 Å². The lowest BCUT2D eigenvalue weighted by Crippen LogP contribution is -2.38. The van der Waals surface area contributed by atoms with E-state index in [1.165, 1.54) is 0 Å². The van der Waals surface area contributed by atoms with Crippen LogP contribution in [0, 0.1) is 12.3 Å². The van der Waals surface area contributed by atoms with E-state index in [1.807, 2.05) is 13.8 Å². The van der Waals surface area contributed by atoms with Gasteiger partial charge in [0, 0.05) is 7.11 Å². The predicted molar refractivity (Wildman–Crippen MR) is 64.9 cm³/mol. The molecule has 0 radical (unpaired) electrons. The van der Waals surface area contributed by atoms with Gasteiger partial charge in [0.05, 0.1) is 5.60 Å². The maximum Gasteiger partial charge on any atom is 0.187 e. The Kier molecular flexibility index (Phi) is 6.98. The van der Waals surface area contributed by atoms with Crippen molar-refractivity contribution in [1.29, 1.82) is 0 Å². The Bertz CT molecular complexity index is 216. The Balaban J connectivity index is 0. The molecule has 0 aliphatic carbocycles. The van der Waals surface area contributed by atoms with Gasteiger partial charge in [0.15, 0.2) is 5.96 Å². The summed E-state index contributed by atoms with van der Waals surface area (Å²) in [7, 11) is 1.56. The van der Waals surface area contributed by atoms with Crippen LogP contribution >= 0.6 is 24.0 Å². The van der Waals surface area contributed by atoms with Crippen LogP contribution in [0.4, 0.5) is 0 Å². The second-order valence-electron chi connectivity index (χ2n) is 2.93. The Morgan fingerprint density at radius 2 is 2.00 bits per heavy atom. The number of nitrogens with zero attached hydrogens (tertiary/aromatic N) is 1. The number of terminal acetylenes is 1. The van der Waals surface area contributed by atoms with Crippen LogP contribution in [0.3, 0.4) is 0 Å². The third-order valence-corrected chi connectivity index (χ3v) is 1.62. The molecule has 0 saturated heterocycles. The summed E-state index contributed by atoms with van der Waals surface area (Å²) in [5, 5.41) is 0. The average molecular weight is 297 g/mol. The van der Waals surface area contributed by atoms with Crippen molar-refractivity contribution in [3.05, 3.63) is 0 Å². The zero-order valence-corrected chi connectivity index (χ0v) is 10.4. The van der Waals surface area contributed by atoms with Crippen LogP contribution in [0.2, 0.25) is 0 Å². The van der Waals surface area contributed by atoms with Crippen LogP contribution in [-0.2, 0) is 4.74 Å². The van der Waals surface area contributed by atoms with Gasteiger partial charge in [0.25, 0.3) is 0 Å². The number of ether oxygens (including phenoxy) is 1. The molecule has 0 aliphatic heterocycles. The lowest BCUT2D eigenvalue weighted by Gasteiger charge is -2.26. The van der Waals surface area contributed by atoms with Crippen molar-refractivity contribution in [3.8, 4) is 12.3 Å². The lowest BCUT2D eigenvalue weighted by atomic mass is 10.0. The predicted octanol–water partition coefficient (Wildman–Crippen LogP) is 0.305. The first-order valence-electron chi connectivity index (χ1n) is 3.54. The molecule has 0 amide bonds. The van der Waals surface area contributed by atoms with Crippen LogP contribution in [-0.4, -0.2) is 24.7 Å². The van der Waals surface area contributed by atoms with Gasteiger partial charge in [0.1, 0.15) is 6.04 Å². The highest BCUT2D eigenvalue weighted by Gasteiger charge is 2.27. The fourth-order valence-corrected chi connectivity index (χ4v) is 0.654. The summed E-state index contributed by atoms with van der Waals surface area (Å²) < 4.78 is 5.13. The van der Waals surface area contributed by atoms with Gasteiger partial charge in [-0.05, 0) is 13.8 Å². The number of halogens is 1. The van der Waals surface area contributed by atoms with E-state index in [1.54, 1.807) is 7.11 Å². The van der Waals surface area contributed by atoms with Gasteiger partial charge in [-0.25, -0.2) is 4.99 Å². The largest absolute Gasteiger partial charge is 0.376 e. The molecule has 0 aliphatic rings. The maximum atomic E-state index is 5.23. The number of hydrogen-bond acceptors (Lipinski definition) is 2. The third kappa shape index (κ3) is 4.95. The minimum atomic E-state index is -0.543. The number of methoxy groups -OCH3 is 1. The molecule has 4 N–H and O–H groups in total. The molecule has 0 aromatic heterocycles. The highest BCUT2D eigenvalue weighted by Crippen LogP contribution is 2.15. The molecule has 76 valence electrons. The van der Waals surface area contributed by atoms with Gasteiger partial charge in [-0.3, -0.25) is 0 Å². The summed E-state index contributed by atoms with van der Waals surface area (Å²) >= 11 is 0. The molecule has 4 nitrogen and oxygen atoms in total. The Labute approximate surface area is 96.1 Å². The Morgan fingerprint density at radius 1 is 1.54 bits per heavy atom. The number of rotatable bonds is 3. The van der Waals surface area contributed by atoms with Crippen LogP contribution in [0.15, 0.2) is 4.99 Å². The van der Waals surface area contributed by atoms with Crippen molar-refractivity contribution >= 4 is 29.9 Å². The van der Waals surface area contributed by atoms with Gasteiger partial charge in [-0.2, -0.15) is 0 Å². The second kappa shape index (κ2) is 6.05. The molecule has 1 unspecified atom stereocenters. The second-order valence-corrected chi connectivity index (χ2v) is 2.93. The first-order valence-corrected chi connectivity index (χ1v) is 3.54. The van der Waals surface area contributed by atoms with Crippen molar-refractivity contribution in [1.82, 2.24) is 0 Å². The molecule has 0 fully saturated rings. The highest BCUT2D eigenvalue weighted by molar-refractivity contribution is 14.0. The zero-order valence-electron chi connectivity index (χ0n) is 8.07. The van der Waals surface area contributed by atoms with Gasteiger partial charge < -0.3 is 16.2 Å². The maximum absolute atomic E-state index is 5.23. The first-order chi connectivity index (χ1) is 5.44. The fourth-order valence-electron chi connectivity index (χ4n) is 0.654. The number of aliphatic imine (C=N–C) groups is 1. The highest BCUT2D eigenvalue weighted by atomic mass is 127. The summed E-state index contributed by atoms with van der Waals surface area (Å²) in [4.78, 5) is 3.85. The minimum absolute atomic E-state index is 0. The van der Waals surface area contributed by atoms with Crippen molar-refractivity contribution in [2.24, 2.45) is 16.5 Å². The molecule has 0 bridgehead atoms. The van der Waals surface area contributed by atoms with E-state index in [-0.39, 0.29) is 29.9 Å². The molecular formula is C8H16IN3O. The molecule has 13 heavy (non-hydrogen) atoms. The third-order valence-electron chi connectivity index (χ3n) is 1.62. The van der Waals surface area contributed by atoms with E-state index in [4.69, 9.17) is 22.6 Å². The van der Waals surface area contributed by atoms with E-state index < -0.39 is 11.6 Å². The summed E-state index contributed by atoms with van der Waals surface area (Å²) in [6.07, 6.45) is 5.23. The van der Waals surface area contributed by atoms with Crippen LogP contribution in [0.1, 0.15) is 13.8 Å². The number of hydrogen-bond donors (Lipinski definition) is 2. The average Bonchev–Trinajstić information content (AvgIpc) is 1.99. The SMILES string of the molecule is C#CC(N=C(N)N)C(C)(C)OC.I. The molecule has 0 aromatic carbocycles. The van der Waals surface area contributed by atoms with Gasteiger partial charge in [-0.15, -0.1) is 30.4 Å². The molecule has 0 aromatic rings. The summed E-state index contributed by atoms with van der Waals surface area (Å²) in [6.45, 7) is 3.65. The van der Waals surface area contributed by atoms with Crippen LogP contribution in [0.5, 0.6) is 0 Å². The summed E-state index contributed by atoms with van der Waals surface area (Å²) in [5.41, 5.74) is 9.85. The van der Waals surface area contributed by atoms with Crippen molar-refractivity contribution in [3.63, 3.8) is 0 Å². The molecule has 0 spiro atoms. The van der Waals surface area contributed by atoms with E-state index in [0.29, 0.717) is 0 Å². The van der Waals surface area contributed by atoms with E-state index >= 15 is 0 Å². The molecule has 0 heterocycles. The fraction of sp³-hybridized carbons (Fsp3) is 0.625. The molecule has 0 saturated carbocycles. The topological polar surface area (TPSA) is 73.6 Å². The normalized spacial score (nSPS) is 12.2. The van der Waals surface area contributed by atoms with Gasteiger partial charge >= 0.3 is 0 Å². The zero-order chi connectivity index (χ0) is 9.78. The van der Waals surface area contributed by atoms with Gasteiger partial charge in [0.2, 0.25) is 0 Å². The summed E-state index contributed by atoms with van der Waals surface area (Å²) in [6, 6.07) is -0.451.